The third-order valence-corrected chi connectivity index (χ3v) is 2.72. The van der Waals surface area contributed by atoms with E-state index in [-0.39, 0.29) is 18.6 Å². The number of carboxylic acids is 1. The van der Waals surface area contributed by atoms with Crippen molar-refractivity contribution in [1.29, 1.82) is 0 Å². The van der Waals surface area contributed by atoms with Crippen molar-refractivity contribution >= 4 is 17.8 Å². The zero-order valence-corrected chi connectivity index (χ0v) is 12.2. The predicted molar refractivity (Wildman–Crippen MR) is 74.4 cm³/mol. The van der Waals surface area contributed by atoms with Gasteiger partial charge in [-0.25, -0.2) is 0 Å². The minimum atomic E-state index is -1.25. The first-order chi connectivity index (χ1) is 10.0. The minimum Gasteiger partial charge on any atom is -0.550 e. The quantitative estimate of drug-likeness (QED) is 0.660. The van der Waals surface area contributed by atoms with Crippen molar-refractivity contribution in [2.24, 2.45) is 0 Å². The van der Waals surface area contributed by atoms with Crippen LogP contribution in [0.5, 0.6) is 17.2 Å². The summed E-state index contributed by atoms with van der Waals surface area (Å²) in [6.07, 6.45) is 2.48. The number of ketones is 1. The molecule has 6 nitrogen and oxygen atoms in total. The number of carboxylic acid groups (broad SMARTS) is 1. The van der Waals surface area contributed by atoms with Gasteiger partial charge in [0.15, 0.2) is 17.3 Å². The Labute approximate surface area is 122 Å². The van der Waals surface area contributed by atoms with E-state index < -0.39 is 5.97 Å². The van der Waals surface area contributed by atoms with Gasteiger partial charge in [0.25, 0.3) is 0 Å². The zero-order valence-electron chi connectivity index (χ0n) is 12.2. The van der Waals surface area contributed by atoms with E-state index in [4.69, 9.17) is 14.2 Å². The summed E-state index contributed by atoms with van der Waals surface area (Å²) in [5.74, 6) is -0.143. The number of carbonyl (C=O) groups is 2. The Balaban J connectivity index is 2.93. The van der Waals surface area contributed by atoms with Crippen LogP contribution in [0.4, 0.5) is 0 Å². The van der Waals surface area contributed by atoms with Gasteiger partial charge in [0, 0.05) is 12.4 Å². The molecule has 0 unspecified atom stereocenters. The summed E-state index contributed by atoms with van der Waals surface area (Å²) >= 11 is 0. The Morgan fingerprint density at radius 2 is 1.62 bits per heavy atom. The molecule has 1 aromatic rings. The van der Waals surface area contributed by atoms with Crippen LogP contribution in [-0.2, 0) is 9.59 Å². The van der Waals surface area contributed by atoms with E-state index in [2.05, 4.69) is 0 Å². The normalized spacial score (nSPS) is 10.4. The SMILES string of the molecule is COc1cc(/C=C/C(=O)CCC(=O)[O-])cc(OC)c1OC. The van der Waals surface area contributed by atoms with Crippen LogP contribution in [0.2, 0.25) is 0 Å². The lowest BCUT2D eigenvalue weighted by molar-refractivity contribution is -0.305. The van der Waals surface area contributed by atoms with E-state index in [1.54, 1.807) is 18.2 Å². The molecule has 0 atom stereocenters. The molecule has 0 saturated heterocycles. The molecule has 0 aromatic heterocycles. The van der Waals surface area contributed by atoms with Gasteiger partial charge in [-0.3, -0.25) is 4.79 Å². The number of benzene rings is 1. The number of carbonyl (C=O) groups excluding carboxylic acids is 2. The van der Waals surface area contributed by atoms with Gasteiger partial charge in [-0.15, -0.1) is 0 Å². The molecule has 1 aromatic carbocycles. The van der Waals surface area contributed by atoms with Gasteiger partial charge in [0.05, 0.1) is 21.3 Å². The van der Waals surface area contributed by atoms with Crippen molar-refractivity contribution in [3.05, 3.63) is 23.8 Å². The van der Waals surface area contributed by atoms with Crippen LogP contribution in [0, 0.1) is 0 Å². The van der Waals surface area contributed by atoms with Gasteiger partial charge in [0.1, 0.15) is 0 Å². The van der Waals surface area contributed by atoms with Gasteiger partial charge in [-0.05, 0) is 30.2 Å². The smallest absolute Gasteiger partial charge is 0.203 e. The van der Waals surface area contributed by atoms with Crippen molar-refractivity contribution in [2.45, 2.75) is 12.8 Å². The van der Waals surface area contributed by atoms with Crippen LogP contribution >= 0.6 is 0 Å². The molecule has 0 amide bonds. The van der Waals surface area contributed by atoms with Crippen LogP contribution in [0.3, 0.4) is 0 Å². The number of methoxy groups -OCH3 is 3. The molecule has 0 saturated carbocycles. The third-order valence-electron chi connectivity index (χ3n) is 2.72. The molecule has 0 heterocycles. The summed E-state index contributed by atoms with van der Waals surface area (Å²) in [4.78, 5) is 21.8. The first-order valence-corrected chi connectivity index (χ1v) is 6.22. The fourth-order valence-corrected chi connectivity index (χ4v) is 1.70. The largest absolute Gasteiger partial charge is 0.550 e. The fraction of sp³-hybridized carbons (Fsp3) is 0.333. The highest BCUT2D eigenvalue weighted by atomic mass is 16.5. The number of allylic oxidation sites excluding steroid dienone is 1. The molecule has 0 aliphatic heterocycles. The molecule has 0 fully saturated rings. The molecule has 21 heavy (non-hydrogen) atoms. The van der Waals surface area contributed by atoms with E-state index in [0.717, 1.165) is 0 Å². The van der Waals surface area contributed by atoms with Crippen LogP contribution in [0.1, 0.15) is 18.4 Å². The third kappa shape index (κ3) is 4.83. The Hall–Kier alpha value is -2.50. The maximum Gasteiger partial charge on any atom is 0.203 e. The van der Waals surface area contributed by atoms with E-state index in [0.29, 0.717) is 22.8 Å². The van der Waals surface area contributed by atoms with Gasteiger partial charge in [-0.1, -0.05) is 6.08 Å². The average Bonchev–Trinajstić information content (AvgIpc) is 2.49. The Kier molecular flexibility index (Phi) is 6.26. The lowest BCUT2D eigenvalue weighted by Crippen LogP contribution is -2.22. The number of ether oxygens (including phenoxy) is 3. The van der Waals surface area contributed by atoms with Crippen LogP contribution in [0.15, 0.2) is 18.2 Å². The summed E-state index contributed by atoms with van der Waals surface area (Å²) in [6.45, 7) is 0. The van der Waals surface area contributed by atoms with Crippen molar-refractivity contribution in [3.8, 4) is 17.2 Å². The standard InChI is InChI=1S/C15H18O6/c1-19-12-8-10(9-13(20-2)15(12)21-3)4-5-11(16)6-7-14(17)18/h4-5,8-9H,6-7H2,1-3H3,(H,17,18)/p-1/b5-4+. The van der Waals surface area contributed by atoms with Crippen LogP contribution < -0.4 is 19.3 Å². The molecule has 0 spiro atoms. The van der Waals surface area contributed by atoms with Gasteiger partial charge < -0.3 is 24.1 Å². The molecule has 0 radical (unpaired) electrons. The Morgan fingerprint density at radius 1 is 1.05 bits per heavy atom. The maximum atomic E-state index is 11.5. The molecule has 0 bridgehead atoms. The zero-order chi connectivity index (χ0) is 15.8. The molecule has 0 N–H and O–H groups in total. The van der Waals surface area contributed by atoms with Crippen LogP contribution in [-0.4, -0.2) is 33.1 Å². The van der Waals surface area contributed by atoms with Gasteiger partial charge in [-0.2, -0.15) is 0 Å². The van der Waals surface area contributed by atoms with Gasteiger partial charge in [0.2, 0.25) is 5.75 Å². The highest BCUT2D eigenvalue weighted by Gasteiger charge is 2.12. The first-order valence-electron chi connectivity index (χ1n) is 6.22. The van der Waals surface area contributed by atoms with Crippen molar-refractivity contribution in [3.63, 3.8) is 0 Å². The van der Waals surface area contributed by atoms with Crippen molar-refractivity contribution in [2.75, 3.05) is 21.3 Å². The highest BCUT2D eigenvalue weighted by Crippen LogP contribution is 2.38. The second kappa shape index (κ2) is 7.94. The summed E-state index contributed by atoms with van der Waals surface area (Å²) in [5.41, 5.74) is 0.672. The highest BCUT2D eigenvalue weighted by molar-refractivity contribution is 5.95. The fourth-order valence-electron chi connectivity index (χ4n) is 1.70. The molecular formula is C15H17O6-. The topological polar surface area (TPSA) is 84.9 Å². The molecule has 0 aliphatic rings. The average molecular weight is 293 g/mol. The maximum absolute atomic E-state index is 11.5. The number of hydrogen-bond acceptors (Lipinski definition) is 6. The summed E-state index contributed by atoms with van der Waals surface area (Å²) in [7, 11) is 4.49. The van der Waals surface area contributed by atoms with Crippen LogP contribution in [0.25, 0.3) is 6.08 Å². The summed E-state index contributed by atoms with van der Waals surface area (Å²) in [6, 6.07) is 3.37. The molecule has 0 aliphatic carbocycles. The van der Waals surface area contributed by atoms with Crippen molar-refractivity contribution in [1.82, 2.24) is 0 Å². The number of rotatable bonds is 8. The van der Waals surface area contributed by atoms with Crippen molar-refractivity contribution < 1.29 is 28.9 Å². The molecular weight excluding hydrogens is 276 g/mol. The monoisotopic (exact) mass is 293 g/mol. The lowest BCUT2D eigenvalue weighted by Gasteiger charge is -2.12. The van der Waals surface area contributed by atoms with E-state index in [9.17, 15) is 14.7 Å². The van der Waals surface area contributed by atoms with E-state index in [1.165, 1.54) is 27.4 Å². The Bertz CT molecular complexity index is 522. The second-order valence-corrected chi connectivity index (χ2v) is 4.13. The molecule has 6 heteroatoms. The predicted octanol–water partition coefficient (Wildman–Crippen LogP) is 0.825. The summed E-state index contributed by atoms with van der Waals surface area (Å²) < 4.78 is 15.6. The lowest BCUT2D eigenvalue weighted by atomic mass is 10.1. The van der Waals surface area contributed by atoms with E-state index >= 15 is 0 Å². The first kappa shape index (κ1) is 16.6. The number of hydrogen-bond donors (Lipinski definition) is 0. The minimum absolute atomic E-state index is 0.0940. The second-order valence-electron chi connectivity index (χ2n) is 4.13. The summed E-state index contributed by atoms with van der Waals surface area (Å²) in [5, 5.41) is 10.3. The molecule has 114 valence electrons. The van der Waals surface area contributed by atoms with Gasteiger partial charge >= 0.3 is 0 Å². The molecule has 1 rings (SSSR count). The van der Waals surface area contributed by atoms with E-state index in [1.807, 2.05) is 0 Å². The Morgan fingerprint density at radius 3 is 2.05 bits per heavy atom. The number of aliphatic carboxylic acids is 1.